The highest BCUT2D eigenvalue weighted by Gasteiger charge is 2.49. The van der Waals surface area contributed by atoms with E-state index in [0.29, 0.717) is 18.9 Å². The summed E-state index contributed by atoms with van der Waals surface area (Å²) in [6.07, 6.45) is 5.35. The van der Waals surface area contributed by atoms with E-state index in [1.54, 1.807) is 12.4 Å². The molecule has 0 aromatic carbocycles. The first-order valence-corrected chi connectivity index (χ1v) is 7.16. The second-order valence-corrected chi connectivity index (χ2v) is 6.07. The molecular weight excluding hydrogens is 267 g/mol. The summed E-state index contributed by atoms with van der Waals surface area (Å²) in [6, 6.07) is 1.91. The molecule has 1 aliphatic rings. The minimum absolute atomic E-state index is 0.327. The van der Waals surface area contributed by atoms with Gasteiger partial charge in [0.1, 0.15) is 12.4 Å². The Morgan fingerprint density at radius 2 is 1.90 bits per heavy atom. The Hall–Kier alpha value is -1.37. The van der Waals surface area contributed by atoms with Crippen LogP contribution in [0.25, 0.3) is 6.08 Å². The second kappa shape index (κ2) is 6.18. The first-order chi connectivity index (χ1) is 9.84. The van der Waals surface area contributed by atoms with Gasteiger partial charge in [0, 0.05) is 12.7 Å². The zero-order valence-electron chi connectivity index (χ0n) is 13.1. The molecule has 0 spiro atoms. The average Bonchev–Trinajstić information content (AvgIpc) is 2.63. The van der Waals surface area contributed by atoms with Gasteiger partial charge in [-0.1, -0.05) is 12.1 Å². The summed E-state index contributed by atoms with van der Waals surface area (Å²) in [5.41, 5.74) is 5.69. The van der Waals surface area contributed by atoms with Crippen molar-refractivity contribution in [2.24, 2.45) is 5.73 Å². The third kappa shape index (κ3) is 3.84. The highest BCUT2D eigenvalue weighted by atomic mass is 16.7. The molecule has 2 rings (SSSR count). The van der Waals surface area contributed by atoms with Crippen molar-refractivity contribution in [3.8, 4) is 5.75 Å². The number of nitrogens with zero attached hydrogens (tertiary/aromatic N) is 1. The highest BCUT2D eigenvalue weighted by molar-refractivity contribution is 6.52. The molecule has 1 aromatic rings. The Labute approximate surface area is 126 Å². The van der Waals surface area contributed by atoms with Gasteiger partial charge in [0.25, 0.3) is 0 Å². The van der Waals surface area contributed by atoms with Gasteiger partial charge in [-0.15, -0.1) is 0 Å². The smallest absolute Gasteiger partial charge is 0.487 e. The van der Waals surface area contributed by atoms with E-state index in [2.05, 4.69) is 4.98 Å². The van der Waals surface area contributed by atoms with E-state index < -0.39 is 0 Å². The molecule has 1 aromatic heterocycles. The number of aromatic nitrogens is 1. The van der Waals surface area contributed by atoms with Crippen LogP contribution in [-0.4, -0.2) is 36.5 Å². The van der Waals surface area contributed by atoms with Crippen LogP contribution in [0.15, 0.2) is 24.4 Å². The van der Waals surface area contributed by atoms with Crippen LogP contribution in [0.3, 0.4) is 0 Å². The molecule has 6 heteroatoms. The van der Waals surface area contributed by atoms with Crippen LogP contribution >= 0.6 is 0 Å². The molecule has 1 saturated heterocycles. The lowest BCUT2D eigenvalue weighted by Crippen LogP contribution is -2.41. The summed E-state index contributed by atoms with van der Waals surface area (Å²) in [7, 11) is -0.358. The maximum absolute atomic E-state index is 5.90. The van der Waals surface area contributed by atoms with Crippen LogP contribution in [0.4, 0.5) is 0 Å². The average molecular weight is 290 g/mol. The Balaban J connectivity index is 2.02. The van der Waals surface area contributed by atoms with Gasteiger partial charge in [-0.25, -0.2) is 0 Å². The Morgan fingerprint density at radius 1 is 1.24 bits per heavy atom. The summed E-state index contributed by atoms with van der Waals surface area (Å²) in [5, 5.41) is 0. The molecule has 1 fully saturated rings. The van der Waals surface area contributed by atoms with Gasteiger partial charge in [0.2, 0.25) is 0 Å². The molecule has 0 amide bonds. The standard InChI is InChI=1S/C15H23BN2O3/c1-14(2)15(3,4)21-16(20-14)6-5-12-9-13(11-18-10-12)19-8-7-17/h5-6,9-11H,7-8,17H2,1-4H3/b6-5+. The van der Waals surface area contributed by atoms with Crippen LogP contribution in [-0.2, 0) is 9.31 Å². The summed E-state index contributed by atoms with van der Waals surface area (Å²) >= 11 is 0. The van der Waals surface area contributed by atoms with Gasteiger partial charge in [-0.05, 0) is 39.3 Å². The van der Waals surface area contributed by atoms with Crippen LogP contribution in [0.1, 0.15) is 33.3 Å². The van der Waals surface area contributed by atoms with Crippen molar-refractivity contribution in [3.63, 3.8) is 0 Å². The Kier molecular flexibility index (Phi) is 4.71. The topological polar surface area (TPSA) is 66.6 Å². The van der Waals surface area contributed by atoms with E-state index in [1.807, 2.05) is 45.8 Å². The second-order valence-electron chi connectivity index (χ2n) is 6.07. The van der Waals surface area contributed by atoms with Gasteiger partial charge in [0.15, 0.2) is 0 Å². The minimum Gasteiger partial charge on any atom is -0.491 e. The summed E-state index contributed by atoms with van der Waals surface area (Å²) in [4.78, 5) is 4.14. The molecular formula is C15H23BN2O3. The lowest BCUT2D eigenvalue weighted by molar-refractivity contribution is 0.00578. The lowest BCUT2D eigenvalue weighted by atomic mass is 9.89. The highest BCUT2D eigenvalue weighted by Crippen LogP contribution is 2.37. The first-order valence-electron chi connectivity index (χ1n) is 7.16. The fourth-order valence-corrected chi connectivity index (χ4v) is 1.94. The van der Waals surface area contributed by atoms with Crippen LogP contribution in [0, 0.1) is 0 Å². The number of hydrogen-bond acceptors (Lipinski definition) is 5. The summed E-state index contributed by atoms with van der Waals surface area (Å²) < 4.78 is 17.3. The van der Waals surface area contributed by atoms with Crippen molar-refractivity contribution >= 4 is 13.2 Å². The molecule has 0 bridgehead atoms. The quantitative estimate of drug-likeness (QED) is 0.841. The normalized spacial score (nSPS) is 20.1. The van der Waals surface area contributed by atoms with Crippen molar-refractivity contribution in [2.45, 2.75) is 38.9 Å². The number of rotatable bonds is 5. The van der Waals surface area contributed by atoms with Gasteiger partial charge >= 0.3 is 7.12 Å². The molecule has 5 nitrogen and oxygen atoms in total. The number of nitrogens with two attached hydrogens (primary N) is 1. The van der Waals surface area contributed by atoms with Crippen molar-refractivity contribution in [3.05, 3.63) is 30.0 Å². The van der Waals surface area contributed by atoms with Gasteiger partial charge in [0.05, 0.1) is 17.4 Å². The SMILES string of the molecule is CC1(C)OB(/C=C/c2cncc(OCCN)c2)OC1(C)C. The van der Waals surface area contributed by atoms with Gasteiger partial charge in [-0.2, -0.15) is 0 Å². The molecule has 0 aliphatic carbocycles. The van der Waals surface area contributed by atoms with Crippen molar-refractivity contribution in [1.82, 2.24) is 4.98 Å². The molecule has 0 radical (unpaired) electrons. The molecule has 0 unspecified atom stereocenters. The molecule has 21 heavy (non-hydrogen) atoms. The lowest BCUT2D eigenvalue weighted by Gasteiger charge is -2.32. The number of hydrogen-bond donors (Lipinski definition) is 1. The minimum atomic E-state index is -0.358. The fraction of sp³-hybridized carbons (Fsp3) is 0.533. The van der Waals surface area contributed by atoms with Crippen molar-refractivity contribution in [1.29, 1.82) is 0 Å². The van der Waals surface area contributed by atoms with E-state index >= 15 is 0 Å². The Bertz CT molecular complexity index is 501. The summed E-state index contributed by atoms with van der Waals surface area (Å²) in [5.74, 6) is 2.59. The maximum Gasteiger partial charge on any atom is 0.487 e. The number of ether oxygens (including phenoxy) is 1. The van der Waals surface area contributed by atoms with E-state index in [-0.39, 0.29) is 18.3 Å². The molecule has 0 saturated carbocycles. The predicted octanol–water partition coefficient (Wildman–Crippen LogP) is 2.06. The van der Waals surface area contributed by atoms with Crippen LogP contribution in [0.2, 0.25) is 0 Å². The summed E-state index contributed by atoms with van der Waals surface area (Å²) in [6.45, 7) is 9.08. The maximum atomic E-state index is 5.90. The van der Waals surface area contributed by atoms with Crippen molar-refractivity contribution < 1.29 is 14.0 Å². The fourth-order valence-electron chi connectivity index (χ4n) is 1.94. The largest absolute Gasteiger partial charge is 0.491 e. The monoisotopic (exact) mass is 290 g/mol. The van der Waals surface area contributed by atoms with E-state index in [9.17, 15) is 0 Å². The molecule has 2 N–H and O–H groups in total. The van der Waals surface area contributed by atoms with E-state index in [1.165, 1.54) is 0 Å². The zero-order chi connectivity index (χ0) is 15.5. The van der Waals surface area contributed by atoms with Gasteiger partial charge < -0.3 is 19.8 Å². The molecule has 114 valence electrons. The van der Waals surface area contributed by atoms with Gasteiger partial charge in [-0.3, -0.25) is 4.98 Å². The zero-order valence-corrected chi connectivity index (χ0v) is 13.1. The van der Waals surface area contributed by atoms with E-state index in [4.69, 9.17) is 19.8 Å². The molecule has 1 aliphatic heterocycles. The van der Waals surface area contributed by atoms with Crippen LogP contribution < -0.4 is 10.5 Å². The van der Waals surface area contributed by atoms with E-state index in [0.717, 1.165) is 5.56 Å². The Morgan fingerprint density at radius 3 is 2.52 bits per heavy atom. The third-order valence-corrected chi connectivity index (χ3v) is 3.84. The van der Waals surface area contributed by atoms with Crippen molar-refractivity contribution in [2.75, 3.05) is 13.2 Å². The predicted molar refractivity (Wildman–Crippen MR) is 83.9 cm³/mol. The first kappa shape index (κ1) is 16.0. The third-order valence-electron chi connectivity index (χ3n) is 3.84. The number of pyridine rings is 1. The van der Waals surface area contributed by atoms with Crippen LogP contribution in [0.5, 0.6) is 5.75 Å². The molecule has 2 heterocycles. The molecule has 0 atom stereocenters.